The second-order valence-corrected chi connectivity index (χ2v) is 5.81. The van der Waals surface area contributed by atoms with Crippen molar-refractivity contribution in [3.05, 3.63) is 61.8 Å². The largest absolute Gasteiger partial charge is 0.423 e. The summed E-state index contributed by atoms with van der Waals surface area (Å²) in [6.45, 7) is 1.36. The molecule has 0 saturated heterocycles. The molecule has 12 heteroatoms. The molecular weight excluding hydrogens is 385 g/mol. The van der Waals surface area contributed by atoms with Crippen molar-refractivity contribution in [3.63, 3.8) is 0 Å². The molecule has 3 rings (SSSR count). The van der Waals surface area contributed by atoms with Gasteiger partial charge >= 0.3 is 17.5 Å². The normalized spacial score (nSPS) is 11.6. The number of hydrogen-bond acceptors (Lipinski definition) is 6. The van der Waals surface area contributed by atoms with E-state index in [1.54, 1.807) is 0 Å². The molecule has 0 aliphatic rings. The smallest absolute Gasteiger partial charge is 0.417 e. The summed E-state index contributed by atoms with van der Waals surface area (Å²) in [6.07, 6.45) is -4.77. The van der Waals surface area contributed by atoms with Gasteiger partial charge in [0.15, 0.2) is 0 Å². The minimum atomic E-state index is -4.77. The van der Waals surface area contributed by atoms with Crippen LogP contribution in [-0.2, 0) is 13.2 Å². The molecule has 9 nitrogen and oxygen atoms in total. The van der Waals surface area contributed by atoms with Gasteiger partial charge in [0.1, 0.15) is 11.3 Å². The van der Waals surface area contributed by atoms with Crippen LogP contribution in [-0.4, -0.2) is 20.6 Å². The maximum Gasteiger partial charge on any atom is 0.417 e. The third-order valence-corrected chi connectivity index (χ3v) is 3.90. The Kier molecular flexibility index (Phi) is 4.41. The van der Waals surface area contributed by atoms with Crippen LogP contribution in [0.3, 0.4) is 0 Å². The zero-order chi connectivity index (χ0) is 20.8. The van der Waals surface area contributed by atoms with Crippen LogP contribution in [0, 0.1) is 17.0 Å². The Balaban J connectivity index is 2.04. The van der Waals surface area contributed by atoms with Crippen molar-refractivity contribution < 1.29 is 27.3 Å². The molecule has 2 heterocycles. The predicted molar refractivity (Wildman–Crippen MR) is 90.0 cm³/mol. The highest BCUT2D eigenvalue weighted by molar-refractivity contribution is 6.06. The zero-order valence-corrected chi connectivity index (χ0v) is 14.3. The minimum Gasteiger partial charge on any atom is -0.423 e. The number of amides is 1. The summed E-state index contributed by atoms with van der Waals surface area (Å²) in [5, 5.41) is 17.0. The van der Waals surface area contributed by atoms with Gasteiger partial charge in [-0.15, -0.1) is 0 Å². The van der Waals surface area contributed by atoms with Crippen molar-refractivity contribution in [2.45, 2.75) is 13.1 Å². The summed E-state index contributed by atoms with van der Waals surface area (Å²) in [6, 6.07) is 3.55. The molecule has 0 atom stereocenters. The first-order valence-corrected chi connectivity index (χ1v) is 7.63. The third-order valence-electron chi connectivity index (χ3n) is 3.90. The summed E-state index contributed by atoms with van der Waals surface area (Å²) in [4.78, 5) is 34.3. The zero-order valence-electron chi connectivity index (χ0n) is 14.3. The van der Waals surface area contributed by atoms with E-state index < -0.39 is 39.5 Å². The van der Waals surface area contributed by atoms with Gasteiger partial charge in [0, 0.05) is 30.3 Å². The maximum atomic E-state index is 13.1. The fraction of sp³-hybridized carbons (Fsp3) is 0.188. The van der Waals surface area contributed by atoms with Crippen LogP contribution >= 0.6 is 0 Å². The molecule has 0 spiro atoms. The van der Waals surface area contributed by atoms with Crippen molar-refractivity contribution in [3.8, 4) is 0 Å². The molecule has 0 aliphatic carbocycles. The molecule has 0 unspecified atom stereocenters. The van der Waals surface area contributed by atoms with E-state index in [1.807, 2.05) is 0 Å². The molecule has 3 aromatic rings. The third kappa shape index (κ3) is 3.31. The Hall–Kier alpha value is -3.70. The van der Waals surface area contributed by atoms with E-state index in [-0.39, 0.29) is 22.5 Å². The summed E-state index contributed by atoms with van der Waals surface area (Å²) in [5.74, 6) is -0.900. The molecule has 0 aliphatic heterocycles. The Morgan fingerprint density at radius 2 is 2.00 bits per heavy atom. The lowest BCUT2D eigenvalue weighted by Gasteiger charge is -2.10. The minimum absolute atomic E-state index is 0.0203. The van der Waals surface area contributed by atoms with Gasteiger partial charge in [-0.05, 0) is 19.1 Å². The molecule has 0 bridgehead atoms. The first-order chi connectivity index (χ1) is 13.0. The molecular formula is C16H11F3N4O5. The van der Waals surface area contributed by atoms with Gasteiger partial charge in [-0.3, -0.25) is 19.6 Å². The molecule has 0 saturated carbocycles. The number of carbonyl (C=O) groups excluding carboxylic acids is 1. The highest BCUT2D eigenvalue weighted by Gasteiger charge is 2.34. The van der Waals surface area contributed by atoms with Gasteiger partial charge < -0.3 is 9.73 Å². The molecule has 0 fully saturated rings. The number of carbonyl (C=O) groups is 1. The highest BCUT2D eigenvalue weighted by atomic mass is 19.4. The molecule has 28 heavy (non-hydrogen) atoms. The van der Waals surface area contributed by atoms with Gasteiger partial charge in [-0.1, -0.05) is 0 Å². The Morgan fingerprint density at radius 1 is 1.32 bits per heavy atom. The van der Waals surface area contributed by atoms with Gasteiger partial charge in [-0.2, -0.15) is 18.3 Å². The summed E-state index contributed by atoms with van der Waals surface area (Å²) in [7, 11) is 1.34. The number of nitro groups is 1. The van der Waals surface area contributed by atoms with Crippen molar-refractivity contribution >= 4 is 28.3 Å². The first-order valence-electron chi connectivity index (χ1n) is 7.63. The van der Waals surface area contributed by atoms with Crippen LogP contribution in [0.1, 0.15) is 21.7 Å². The number of nitrogens with one attached hydrogen (secondary N) is 1. The van der Waals surface area contributed by atoms with Crippen LogP contribution < -0.4 is 10.9 Å². The molecule has 1 aromatic carbocycles. The van der Waals surface area contributed by atoms with Gasteiger partial charge in [0.05, 0.1) is 10.5 Å². The van der Waals surface area contributed by atoms with E-state index in [1.165, 1.54) is 14.0 Å². The number of anilines is 1. The standard InChI is InChI=1S/C16H11F3N4O5/c1-7-13(23(26)27)14(22(2)21-7)15(25)20-8-3-4-9-10(16(17,18)19)6-12(24)28-11(9)5-8/h3-6H,1-2H3,(H,20,25). The van der Waals surface area contributed by atoms with Crippen molar-refractivity contribution in [2.75, 3.05) is 5.32 Å². The molecule has 1 N–H and O–H groups in total. The lowest BCUT2D eigenvalue weighted by atomic mass is 10.1. The van der Waals surface area contributed by atoms with E-state index in [0.717, 1.165) is 22.9 Å². The SMILES string of the molecule is Cc1nn(C)c(C(=O)Nc2ccc3c(C(F)(F)F)cc(=O)oc3c2)c1[N+](=O)[O-]. The highest BCUT2D eigenvalue weighted by Crippen LogP contribution is 2.34. The Bertz CT molecular complexity index is 1180. The van der Waals surface area contributed by atoms with Gasteiger partial charge in [-0.25, -0.2) is 4.79 Å². The van der Waals surface area contributed by atoms with Crippen LogP contribution in [0.4, 0.5) is 24.5 Å². The average Bonchev–Trinajstić information content (AvgIpc) is 2.87. The number of halogens is 3. The van der Waals surface area contributed by atoms with Crippen molar-refractivity contribution in [2.24, 2.45) is 7.05 Å². The van der Waals surface area contributed by atoms with Crippen LogP contribution in [0.25, 0.3) is 11.0 Å². The Labute approximate surface area is 153 Å². The van der Waals surface area contributed by atoms with Crippen LogP contribution in [0.15, 0.2) is 33.5 Å². The van der Waals surface area contributed by atoms with E-state index in [2.05, 4.69) is 10.4 Å². The second kappa shape index (κ2) is 6.48. The van der Waals surface area contributed by atoms with E-state index in [0.29, 0.717) is 6.07 Å². The maximum absolute atomic E-state index is 13.1. The number of nitrogens with zero attached hydrogens (tertiary/aromatic N) is 3. The average molecular weight is 396 g/mol. The van der Waals surface area contributed by atoms with E-state index in [4.69, 9.17) is 4.42 Å². The molecule has 146 valence electrons. The van der Waals surface area contributed by atoms with Crippen molar-refractivity contribution in [1.29, 1.82) is 0 Å². The fourth-order valence-electron chi connectivity index (χ4n) is 2.79. The first kappa shape index (κ1) is 19.1. The number of benzene rings is 1. The number of aromatic nitrogens is 2. The topological polar surface area (TPSA) is 120 Å². The number of rotatable bonds is 3. The van der Waals surface area contributed by atoms with Crippen LogP contribution in [0.5, 0.6) is 0 Å². The summed E-state index contributed by atoms with van der Waals surface area (Å²) in [5.41, 5.74) is -3.60. The second-order valence-electron chi connectivity index (χ2n) is 5.81. The summed E-state index contributed by atoms with van der Waals surface area (Å²) < 4.78 is 45.0. The monoisotopic (exact) mass is 396 g/mol. The fourth-order valence-corrected chi connectivity index (χ4v) is 2.79. The predicted octanol–water partition coefficient (Wildman–Crippen LogP) is 3.01. The number of hydrogen-bond donors (Lipinski definition) is 1. The quantitative estimate of drug-likeness (QED) is 0.413. The number of aryl methyl sites for hydroxylation is 2. The Morgan fingerprint density at radius 3 is 2.61 bits per heavy atom. The van der Waals surface area contributed by atoms with Crippen molar-refractivity contribution in [1.82, 2.24) is 9.78 Å². The van der Waals surface area contributed by atoms with E-state index >= 15 is 0 Å². The van der Waals surface area contributed by atoms with Crippen LogP contribution in [0.2, 0.25) is 0 Å². The van der Waals surface area contributed by atoms with Gasteiger partial charge in [0.2, 0.25) is 5.69 Å². The molecule has 0 radical (unpaired) electrons. The molecule has 1 amide bonds. The van der Waals surface area contributed by atoms with Gasteiger partial charge in [0.25, 0.3) is 5.91 Å². The lowest BCUT2D eigenvalue weighted by molar-refractivity contribution is -0.385. The van der Waals surface area contributed by atoms with E-state index in [9.17, 15) is 32.9 Å². The molecule has 2 aromatic heterocycles. The summed E-state index contributed by atoms with van der Waals surface area (Å²) >= 11 is 0. The number of alkyl halides is 3. The number of fused-ring (bicyclic) bond motifs is 1. The lowest BCUT2D eigenvalue weighted by Crippen LogP contribution is -2.17.